The third kappa shape index (κ3) is 4.31. The number of benzene rings is 2. The van der Waals surface area contributed by atoms with Crippen LogP contribution < -0.4 is 4.74 Å². The Hall–Kier alpha value is -2.80. The van der Waals surface area contributed by atoms with Crippen molar-refractivity contribution < 1.29 is 14.3 Å². The first kappa shape index (κ1) is 19.0. The third-order valence-corrected chi connectivity index (χ3v) is 5.07. The van der Waals surface area contributed by atoms with Crippen LogP contribution in [0.5, 0.6) is 5.75 Å². The van der Waals surface area contributed by atoms with Crippen molar-refractivity contribution in [2.75, 3.05) is 14.2 Å². The van der Waals surface area contributed by atoms with Crippen LogP contribution in [0.15, 0.2) is 59.8 Å². The van der Waals surface area contributed by atoms with Gasteiger partial charge in [0.2, 0.25) is 0 Å². The van der Waals surface area contributed by atoms with E-state index in [1.165, 1.54) is 18.9 Å². The standard InChI is InChI=1S/C20H21N3O3S/c1-14(19(24)26-3)27-20-22-21-18(13-15-9-5-4-6-10-15)23(20)16-11-7-8-12-17(16)25-2/h4-12,14H,13H2,1-3H3/t14-/m0/s1. The second-order valence-corrected chi connectivity index (χ2v) is 7.16. The van der Waals surface area contributed by atoms with Gasteiger partial charge in [-0.05, 0) is 24.6 Å². The topological polar surface area (TPSA) is 66.2 Å². The summed E-state index contributed by atoms with van der Waals surface area (Å²) in [5.41, 5.74) is 1.95. The lowest BCUT2D eigenvalue weighted by atomic mass is 10.1. The van der Waals surface area contributed by atoms with Gasteiger partial charge in [-0.1, -0.05) is 54.2 Å². The molecule has 3 aromatic rings. The highest BCUT2D eigenvalue weighted by atomic mass is 32.2. The van der Waals surface area contributed by atoms with Crippen molar-refractivity contribution in [3.05, 3.63) is 66.0 Å². The van der Waals surface area contributed by atoms with Crippen molar-refractivity contribution in [3.63, 3.8) is 0 Å². The molecule has 3 rings (SSSR count). The Kier molecular flexibility index (Phi) is 6.13. The second kappa shape index (κ2) is 8.73. The van der Waals surface area contributed by atoms with E-state index >= 15 is 0 Å². The number of hydrogen-bond acceptors (Lipinski definition) is 6. The van der Waals surface area contributed by atoms with Crippen molar-refractivity contribution in [1.29, 1.82) is 0 Å². The van der Waals surface area contributed by atoms with Crippen molar-refractivity contribution >= 4 is 17.7 Å². The Morgan fingerprint density at radius 1 is 1.07 bits per heavy atom. The van der Waals surface area contributed by atoms with E-state index in [1.54, 1.807) is 14.0 Å². The van der Waals surface area contributed by atoms with E-state index < -0.39 is 5.25 Å². The molecule has 7 heteroatoms. The molecule has 0 amide bonds. The molecule has 0 bridgehead atoms. The van der Waals surface area contributed by atoms with Crippen LogP contribution in [0.4, 0.5) is 0 Å². The van der Waals surface area contributed by atoms with Crippen molar-refractivity contribution in [1.82, 2.24) is 14.8 Å². The number of rotatable bonds is 7. The number of nitrogens with zero attached hydrogens (tertiary/aromatic N) is 3. The van der Waals surface area contributed by atoms with E-state index in [0.29, 0.717) is 17.3 Å². The van der Waals surface area contributed by atoms with E-state index in [-0.39, 0.29) is 5.97 Å². The van der Waals surface area contributed by atoms with Gasteiger partial charge in [-0.3, -0.25) is 9.36 Å². The summed E-state index contributed by atoms with van der Waals surface area (Å²) in [6.45, 7) is 1.79. The number of carbonyl (C=O) groups excluding carboxylic acids is 1. The molecule has 1 atom stereocenters. The van der Waals surface area contributed by atoms with Crippen LogP contribution in [0.25, 0.3) is 5.69 Å². The van der Waals surface area contributed by atoms with Crippen molar-refractivity contribution in [2.45, 2.75) is 23.8 Å². The number of thioether (sulfide) groups is 1. The molecule has 0 saturated heterocycles. The molecule has 27 heavy (non-hydrogen) atoms. The molecule has 2 aromatic carbocycles. The zero-order valence-electron chi connectivity index (χ0n) is 15.5. The molecule has 0 saturated carbocycles. The number of ether oxygens (including phenoxy) is 2. The largest absolute Gasteiger partial charge is 0.495 e. The van der Waals surface area contributed by atoms with E-state index in [0.717, 1.165) is 17.1 Å². The van der Waals surface area contributed by atoms with E-state index in [4.69, 9.17) is 9.47 Å². The lowest BCUT2D eigenvalue weighted by Gasteiger charge is -2.15. The summed E-state index contributed by atoms with van der Waals surface area (Å²) in [5.74, 6) is 1.17. The molecule has 0 aliphatic carbocycles. The Morgan fingerprint density at radius 3 is 2.48 bits per heavy atom. The lowest BCUT2D eigenvalue weighted by Crippen LogP contribution is -2.16. The molecule has 0 N–H and O–H groups in total. The Labute approximate surface area is 162 Å². The number of hydrogen-bond donors (Lipinski definition) is 0. The van der Waals surface area contributed by atoms with Crippen LogP contribution in [0.3, 0.4) is 0 Å². The minimum absolute atomic E-state index is 0.306. The number of carbonyl (C=O) groups is 1. The maximum Gasteiger partial charge on any atom is 0.318 e. The Balaban J connectivity index is 2.05. The maximum atomic E-state index is 11.9. The molecule has 0 fully saturated rings. The molecule has 6 nitrogen and oxygen atoms in total. The highest BCUT2D eigenvalue weighted by molar-refractivity contribution is 8.00. The van der Waals surface area contributed by atoms with Gasteiger partial charge in [-0.15, -0.1) is 10.2 Å². The highest BCUT2D eigenvalue weighted by Gasteiger charge is 2.23. The van der Waals surface area contributed by atoms with Crippen LogP contribution in [0.2, 0.25) is 0 Å². The fourth-order valence-corrected chi connectivity index (χ4v) is 3.60. The van der Waals surface area contributed by atoms with Gasteiger partial charge in [0.25, 0.3) is 0 Å². The minimum atomic E-state index is -0.405. The average molecular weight is 383 g/mol. The fraction of sp³-hybridized carbons (Fsp3) is 0.250. The smallest absolute Gasteiger partial charge is 0.318 e. The van der Waals surface area contributed by atoms with Crippen molar-refractivity contribution in [2.24, 2.45) is 0 Å². The van der Waals surface area contributed by atoms with Crippen LogP contribution >= 0.6 is 11.8 Å². The molecule has 0 aliphatic rings. The summed E-state index contributed by atoms with van der Waals surface area (Å²) in [6.07, 6.45) is 0.610. The average Bonchev–Trinajstić information content (AvgIpc) is 3.09. The number of methoxy groups -OCH3 is 2. The third-order valence-electron chi connectivity index (χ3n) is 4.05. The van der Waals surface area contributed by atoms with Crippen LogP contribution in [-0.4, -0.2) is 40.2 Å². The van der Waals surface area contributed by atoms with Crippen LogP contribution in [0.1, 0.15) is 18.3 Å². The molecule has 0 unspecified atom stereocenters. The predicted octanol–water partition coefficient (Wildman–Crippen LogP) is 3.52. The molecular weight excluding hydrogens is 362 g/mol. The van der Waals surface area contributed by atoms with Gasteiger partial charge in [0.1, 0.15) is 16.8 Å². The summed E-state index contributed by atoms with van der Waals surface area (Å²) in [7, 11) is 3.01. The fourth-order valence-electron chi connectivity index (χ4n) is 2.70. The summed E-state index contributed by atoms with van der Waals surface area (Å²) >= 11 is 1.31. The van der Waals surface area contributed by atoms with Crippen LogP contribution in [-0.2, 0) is 16.0 Å². The summed E-state index contributed by atoms with van der Waals surface area (Å²) in [6, 6.07) is 17.7. The van der Waals surface area contributed by atoms with Gasteiger partial charge in [0, 0.05) is 6.42 Å². The monoisotopic (exact) mass is 383 g/mol. The minimum Gasteiger partial charge on any atom is -0.495 e. The summed E-state index contributed by atoms with van der Waals surface area (Å²) in [5, 5.41) is 8.93. The Morgan fingerprint density at radius 2 is 1.78 bits per heavy atom. The zero-order valence-corrected chi connectivity index (χ0v) is 16.3. The van der Waals surface area contributed by atoms with E-state index in [1.807, 2.05) is 59.2 Å². The molecule has 0 spiro atoms. The first-order valence-corrected chi connectivity index (χ1v) is 9.38. The number of aromatic nitrogens is 3. The van der Waals surface area contributed by atoms with E-state index in [2.05, 4.69) is 10.2 Å². The van der Waals surface area contributed by atoms with Gasteiger partial charge in [-0.25, -0.2) is 0 Å². The lowest BCUT2D eigenvalue weighted by molar-refractivity contribution is -0.139. The number of para-hydroxylation sites is 2. The van der Waals surface area contributed by atoms with Gasteiger partial charge < -0.3 is 9.47 Å². The molecule has 140 valence electrons. The molecule has 1 aromatic heterocycles. The maximum absolute atomic E-state index is 11.9. The van der Waals surface area contributed by atoms with E-state index in [9.17, 15) is 4.79 Å². The molecule has 1 heterocycles. The second-order valence-electron chi connectivity index (χ2n) is 5.85. The quantitative estimate of drug-likeness (QED) is 0.459. The molecular formula is C20H21N3O3S. The SMILES string of the molecule is COC(=O)[C@H](C)Sc1nnc(Cc2ccccc2)n1-c1ccccc1OC. The summed E-state index contributed by atoms with van der Waals surface area (Å²) < 4.78 is 12.3. The van der Waals surface area contributed by atoms with Gasteiger partial charge in [-0.2, -0.15) is 0 Å². The van der Waals surface area contributed by atoms with Gasteiger partial charge in [0.15, 0.2) is 5.16 Å². The first-order chi connectivity index (χ1) is 13.1. The van der Waals surface area contributed by atoms with Gasteiger partial charge >= 0.3 is 5.97 Å². The highest BCUT2D eigenvalue weighted by Crippen LogP contribution is 2.31. The number of esters is 1. The zero-order chi connectivity index (χ0) is 19.2. The Bertz CT molecular complexity index is 912. The summed E-state index contributed by atoms with van der Waals surface area (Å²) in [4.78, 5) is 11.9. The molecule has 0 aliphatic heterocycles. The first-order valence-electron chi connectivity index (χ1n) is 8.50. The van der Waals surface area contributed by atoms with Crippen molar-refractivity contribution in [3.8, 4) is 11.4 Å². The van der Waals surface area contributed by atoms with Gasteiger partial charge in [0.05, 0.1) is 19.9 Å². The normalized spacial score (nSPS) is 11.8. The van der Waals surface area contributed by atoms with Crippen LogP contribution in [0, 0.1) is 0 Å². The molecule has 0 radical (unpaired) electrons. The predicted molar refractivity (Wildman–Crippen MR) is 104 cm³/mol.